The molecule has 80 valence electrons. The molecule has 0 radical (unpaired) electrons. The van der Waals surface area contributed by atoms with Crippen molar-refractivity contribution in [3.05, 3.63) is 18.1 Å². The smallest absolute Gasteiger partial charge is 0.233 e. The standard InChI is InChI=1S/C8H10N4O2S/c1-3-12(15(2,13)14)8-7(6-9)10-4-5-11-8/h4-5H,3H2,1-2H3. The zero-order chi connectivity index (χ0) is 11.5. The van der Waals surface area contributed by atoms with Crippen LogP contribution in [-0.2, 0) is 10.0 Å². The Bertz CT molecular complexity index is 492. The topological polar surface area (TPSA) is 86.9 Å². The average Bonchev–Trinajstić information content (AvgIpc) is 2.17. The second kappa shape index (κ2) is 4.23. The van der Waals surface area contributed by atoms with Gasteiger partial charge in [-0.3, -0.25) is 4.31 Å². The molecule has 1 aromatic rings. The maximum absolute atomic E-state index is 11.4. The molecule has 0 amide bonds. The molecule has 0 unspecified atom stereocenters. The summed E-state index contributed by atoms with van der Waals surface area (Å²) in [4.78, 5) is 7.60. The van der Waals surface area contributed by atoms with Crippen LogP contribution in [0.15, 0.2) is 12.4 Å². The van der Waals surface area contributed by atoms with Gasteiger partial charge in [-0.2, -0.15) is 5.26 Å². The summed E-state index contributed by atoms with van der Waals surface area (Å²) in [6, 6.07) is 1.80. The molecule has 0 bridgehead atoms. The van der Waals surface area contributed by atoms with E-state index >= 15 is 0 Å². The molecule has 6 nitrogen and oxygen atoms in total. The van der Waals surface area contributed by atoms with Crippen molar-refractivity contribution < 1.29 is 8.42 Å². The van der Waals surface area contributed by atoms with Gasteiger partial charge in [0.05, 0.1) is 6.26 Å². The van der Waals surface area contributed by atoms with Crippen LogP contribution in [-0.4, -0.2) is 31.2 Å². The minimum atomic E-state index is -3.42. The summed E-state index contributed by atoms with van der Waals surface area (Å²) in [5.41, 5.74) is 0.00442. The van der Waals surface area contributed by atoms with E-state index < -0.39 is 10.0 Å². The number of rotatable bonds is 3. The van der Waals surface area contributed by atoms with Gasteiger partial charge in [-0.1, -0.05) is 0 Å². The lowest BCUT2D eigenvalue weighted by Gasteiger charge is -2.19. The third kappa shape index (κ3) is 2.41. The molecule has 0 aliphatic carbocycles. The quantitative estimate of drug-likeness (QED) is 0.731. The molecule has 1 aromatic heterocycles. The minimum Gasteiger partial charge on any atom is -0.252 e. The van der Waals surface area contributed by atoms with Gasteiger partial charge in [0.25, 0.3) is 0 Å². The second-order valence-electron chi connectivity index (χ2n) is 2.77. The van der Waals surface area contributed by atoms with E-state index in [2.05, 4.69) is 9.97 Å². The van der Waals surface area contributed by atoms with E-state index in [9.17, 15) is 8.42 Å². The van der Waals surface area contributed by atoms with Crippen molar-refractivity contribution in [3.8, 4) is 6.07 Å². The van der Waals surface area contributed by atoms with E-state index in [4.69, 9.17) is 5.26 Å². The lowest BCUT2D eigenvalue weighted by atomic mass is 10.4. The Kier molecular flexibility index (Phi) is 3.21. The number of anilines is 1. The van der Waals surface area contributed by atoms with E-state index in [1.54, 1.807) is 13.0 Å². The van der Waals surface area contributed by atoms with Crippen molar-refractivity contribution in [1.82, 2.24) is 9.97 Å². The van der Waals surface area contributed by atoms with Gasteiger partial charge in [-0.05, 0) is 6.92 Å². The molecule has 15 heavy (non-hydrogen) atoms. The van der Waals surface area contributed by atoms with Crippen LogP contribution in [0.2, 0.25) is 0 Å². The fourth-order valence-electron chi connectivity index (χ4n) is 1.13. The van der Waals surface area contributed by atoms with Gasteiger partial charge >= 0.3 is 0 Å². The Morgan fingerprint density at radius 2 is 2.07 bits per heavy atom. The summed E-state index contributed by atoms with van der Waals surface area (Å²) < 4.78 is 23.8. The molecule has 7 heteroatoms. The van der Waals surface area contributed by atoms with Gasteiger partial charge in [-0.15, -0.1) is 0 Å². The van der Waals surface area contributed by atoms with E-state index in [0.717, 1.165) is 10.6 Å². The Hall–Kier alpha value is -1.68. The Morgan fingerprint density at radius 1 is 1.47 bits per heavy atom. The minimum absolute atomic E-state index is 0.00442. The molecule has 0 atom stereocenters. The molecule has 1 rings (SSSR count). The molecule has 0 aliphatic rings. The molecule has 0 saturated heterocycles. The highest BCUT2D eigenvalue weighted by molar-refractivity contribution is 7.92. The SMILES string of the molecule is CCN(c1nccnc1C#N)S(C)(=O)=O. The molecule has 0 N–H and O–H groups in total. The van der Waals surface area contributed by atoms with Gasteiger partial charge < -0.3 is 0 Å². The van der Waals surface area contributed by atoms with Crippen molar-refractivity contribution in [1.29, 1.82) is 5.26 Å². The first-order valence-corrected chi connectivity index (χ1v) is 6.04. The van der Waals surface area contributed by atoms with Crippen LogP contribution in [0.1, 0.15) is 12.6 Å². The van der Waals surface area contributed by atoms with Crippen LogP contribution in [0.5, 0.6) is 0 Å². The zero-order valence-electron chi connectivity index (χ0n) is 8.38. The summed E-state index contributed by atoms with van der Waals surface area (Å²) >= 11 is 0. The van der Waals surface area contributed by atoms with Crippen LogP contribution in [0.4, 0.5) is 5.82 Å². The van der Waals surface area contributed by atoms with E-state index in [-0.39, 0.29) is 18.1 Å². The number of sulfonamides is 1. The molecular weight excluding hydrogens is 216 g/mol. The largest absolute Gasteiger partial charge is 0.252 e. The van der Waals surface area contributed by atoms with Crippen LogP contribution in [0.25, 0.3) is 0 Å². The average molecular weight is 226 g/mol. The van der Waals surface area contributed by atoms with Crippen molar-refractivity contribution in [3.63, 3.8) is 0 Å². The molecule has 0 spiro atoms. The van der Waals surface area contributed by atoms with Gasteiger partial charge in [0.2, 0.25) is 10.0 Å². The lowest BCUT2D eigenvalue weighted by molar-refractivity contribution is 0.597. The fourth-order valence-corrected chi connectivity index (χ4v) is 2.05. The summed E-state index contributed by atoms with van der Waals surface area (Å²) in [6.07, 6.45) is 3.76. The third-order valence-corrected chi connectivity index (χ3v) is 2.94. The van der Waals surface area contributed by atoms with Crippen molar-refractivity contribution in [2.45, 2.75) is 6.92 Å². The molecular formula is C8H10N4O2S. The zero-order valence-corrected chi connectivity index (χ0v) is 9.19. The summed E-state index contributed by atoms with van der Waals surface area (Å²) in [7, 11) is -3.42. The Labute approximate surface area is 88.2 Å². The lowest BCUT2D eigenvalue weighted by Crippen LogP contribution is -2.31. The second-order valence-corrected chi connectivity index (χ2v) is 4.67. The van der Waals surface area contributed by atoms with E-state index in [0.29, 0.717) is 0 Å². The molecule has 0 fully saturated rings. The first-order chi connectivity index (χ1) is 7.00. The summed E-state index contributed by atoms with van der Waals surface area (Å²) in [5.74, 6) is 0.0741. The number of hydrogen-bond donors (Lipinski definition) is 0. The van der Waals surface area contributed by atoms with E-state index in [1.165, 1.54) is 12.4 Å². The maximum Gasteiger partial charge on any atom is 0.233 e. The first-order valence-electron chi connectivity index (χ1n) is 4.19. The summed E-state index contributed by atoms with van der Waals surface area (Å²) in [5, 5.41) is 8.75. The van der Waals surface area contributed by atoms with Crippen LogP contribution < -0.4 is 4.31 Å². The van der Waals surface area contributed by atoms with Crippen LogP contribution in [0, 0.1) is 11.3 Å². The van der Waals surface area contributed by atoms with Gasteiger partial charge in [0.1, 0.15) is 6.07 Å². The Balaban J connectivity index is 3.32. The van der Waals surface area contributed by atoms with Crippen LogP contribution in [0.3, 0.4) is 0 Å². The van der Waals surface area contributed by atoms with Crippen molar-refractivity contribution >= 4 is 15.8 Å². The fraction of sp³-hybridized carbons (Fsp3) is 0.375. The number of hydrogen-bond acceptors (Lipinski definition) is 5. The first kappa shape index (κ1) is 11.4. The van der Waals surface area contributed by atoms with Crippen molar-refractivity contribution in [2.24, 2.45) is 0 Å². The highest BCUT2D eigenvalue weighted by Gasteiger charge is 2.20. The van der Waals surface area contributed by atoms with Gasteiger partial charge in [0.15, 0.2) is 11.5 Å². The van der Waals surface area contributed by atoms with Gasteiger partial charge in [0, 0.05) is 18.9 Å². The third-order valence-electron chi connectivity index (χ3n) is 1.71. The predicted molar refractivity (Wildman–Crippen MR) is 54.6 cm³/mol. The Morgan fingerprint density at radius 3 is 2.53 bits per heavy atom. The molecule has 0 aliphatic heterocycles. The number of aromatic nitrogens is 2. The normalized spacial score (nSPS) is 10.7. The van der Waals surface area contributed by atoms with Gasteiger partial charge in [-0.25, -0.2) is 18.4 Å². The molecule has 1 heterocycles. The molecule has 0 aromatic carbocycles. The van der Waals surface area contributed by atoms with Crippen LogP contribution >= 0.6 is 0 Å². The monoisotopic (exact) mass is 226 g/mol. The van der Waals surface area contributed by atoms with E-state index in [1.807, 2.05) is 0 Å². The van der Waals surface area contributed by atoms with Crippen molar-refractivity contribution in [2.75, 3.05) is 17.1 Å². The summed E-state index contributed by atoms with van der Waals surface area (Å²) in [6.45, 7) is 1.88. The molecule has 0 saturated carbocycles. The highest BCUT2D eigenvalue weighted by atomic mass is 32.2. The highest BCUT2D eigenvalue weighted by Crippen LogP contribution is 2.16. The number of nitrogens with zero attached hydrogens (tertiary/aromatic N) is 4. The number of nitriles is 1. The maximum atomic E-state index is 11.4. The predicted octanol–water partition coefficient (Wildman–Crippen LogP) is 0.134.